The fraction of sp³-hybridized carbons (Fsp3) is 0.235. The molecule has 0 bridgehead atoms. The van der Waals surface area contributed by atoms with Gasteiger partial charge in [-0.05, 0) is 30.7 Å². The van der Waals surface area contributed by atoms with E-state index in [1.807, 2.05) is 0 Å². The summed E-state index contributed by atoms with van der Waals surface area (Å²) in [5.74, 6) is 1.18. The van der Waals surface area contributed by atoms with Crippen LogP contribution in [0, 0.1) is 12.3 Å². The van der Waals surface area contributed by atoms with Gasteiger partial charge in [0.15, 0.2) is 11.5 Å². The standard InChI is InChI=1S/C17H15BrN2O6/c1-3-5-26-14-8-11(18)10(7-13(14)25-4-2)6-12-16(23)20(9-15(21)22)17(24)19-12/h1,6-8H,4-5,9H2,2H3,(H,19,24)(H,21,22)/b12-6+. The van der Waals surface area contributed by atoms with Crippen molar-refractivity contribution in [3.05, 3.63) is 27.9 Å². The predicted molar refractivity (Wildman–Crippen MR) is 95.5 cm³/mol. The Morgan fingerprint density at radius 1 is 1.38 bits per heavy atom. The summed E-state index contributed by atoms with van der Waals surface area (Å²) in [5, 5.41) is 11.1. The molecule has 1 aromatic rings. The molecule has 0 radical (unpaired) electrons. The molecule has 2 rings (SSSR count). The van der Waals surface area contributed by atoms with Gasteiger partial charge < -0.3 is 19.9 Å². The normalized spacial score (nSPS) is 15.0. The molecule has 1 fully saturated rings. The first-order chi connectivity index (χ1) is 12.4. The van der Waals surface area contributed by atoms with Crippen LogP contribution >= 0.6 is 15.9 Å². The molecule has 1 aliphatic heterocycles. The van der Waals surface area contributed by atoms with Gasteiger partial charge in [0.2, 0.25) is 0 Å². The van der Waals surface area contributed by atoms with Crippen molar-refractivity contribution in [1.82, 2.24) is 10.2 Å². The van der Waals surface area contributed by atoms with E-state index in [-0.39, 0.29) is 12.3 Å². The van der Waals surface area contributed by atoms with Crippen LogP contribution in [-0.2, 0) is 9.59 Å². The highest BCUT2D eigenvalue weighted by molar-refractivity contribution is 9.10. The van der Waals surface area contributed by atoms with Crippen LogP contribution < -0.4 is 14.8 Å². The first-order valence-corrected chi connectivity index (χ1v) is 8.25. The van der Waals surface area contributed by atoms with Gasteiger partial charge in [-0.2, -0.15) is 0 Å². The number of rotatable bonds is 7. The van der Waals surface area contributed by atoms with Gasteiger partial charge in [0, 0.05) is 4.47 Å². The second-order valence-corrected chi connectivity index (χ2v) is 5.87. The Morgan fingerprint density at radius 3 is 2.69 bits per heavy atom. The number of benzene rings is 1. The molecule has 2 N–H and O–H groups in total. The summed E-state index contributed by atoms with van der Waals surface area (Å²) in [4.78, 5) is 35.3. The maximum Gasteiger partial charge on any atom is 0.329 e. The topological polar surface area (TPSA) is 105 Å². The van der Waals surface area contributed by atoms with E-state index in [9.17, 15) is 14.4 Å². The minimum atomic E-state index is -1.29. The van der Waals surface area contributed by atoms with Gasteiger partial charge in [0.05, 0.1) is 6.61 Å². The molecular weight excluding hydrogens is 408 g/mol. The molecule has 1 aliphatic rings. The van der Waals surface area contributed by atoms with Crippen molar-refractivity contribution >= 4 is 39.9 Å². The van der Waals surface area contributed by atoms with Gasteiger partial charge in [0.1, 0.15) is 18.8 Å². The lowest BCUT2D eigenvalue weighted by Gasteiger charge is -2.13. The molecule has 0 unspecified atom stereocenters. The maximum absolute atomic E-state index is 12.2. The summed E-state index contributed by atoms with van der Waals surface area (Å²) in [7, 11) is 0. The molecule has 136 valence electrons. The summed E-state index contributed by atoms with van der Waals surface area (Å²) < 4.78 is 11.5. The summed E-state index contributed by atoms with van der Waals surface area (Å²) in [6.07, 6.45) is 6.61. The zero-order valence-corrected chi connectivity index (χ0v) is 15.3. The van der Waals surface area contributed by atoms with Gasteiger partial charge in [-0.15, -0.1) is 6.42 Å². The highest BCUT2D eigenvalue weighted by Crippen LogP contribution is 2.35. The first-order valence-electron chi connectivity index (χ1n) is 7.46. The van der Waals surface area contributed by atoms with Crippen LogP contribution in [-0.4, -0.2) is 47.7 Å². The zero-order valence-electron chi connectivity index (χ0n) is 13.7. The number of carbonyl (C=O) groups is 3. The summed E-state index contributed by atoms with van der Waals surface area (Å²) >= 11 is 3.36. The molecule has 0 atom stereocenters. The molecule has 0 saturated carbocycles. The van der Waals surface area contributed by atoms with E-state index in [2.05, 4.69) is 27.2 Å². The molecule has 1 saturated heterocycles. The summed E-state index contributed by atoms with van der Waals surface area (Å²) in [6.45, 7) is 1.53. The number of nitrogens with zero attached hydrogens (tertiary/aromatic N) is 1. The van der Waals surface area contributed by atoms with Crippen LogP contribution in [0.3, 0.4) is 0 Å². The van der Waals surface area contributed by atoms with Crippen LogP contribution in [0.15, 0.2) is 22.3 Å². The number of imide groups is 1. The van der Waals surface area contributed by atoms with Crippen LogP contribution in [0.5, 0.6) is 11.5 Å². The minimum absolute atomic E-state index is 0.0447. The number of carboxylic acids is 1. The summed E-state index contributed by atoms with van der Waals surface area (Å²) in [6, 6.07) is 2.45. The maximum atomic E-state index is 12.2. The Hall–Kier alpha value is -2.99. The molecular formula is C17H15BrN2O6. The van der Waals surface area contributed by atoms with Crippen molar-refractivity contribution in [3.63, 3.8) is 0 Å². The monoisotopic (exact) mass is 422 g/mol. The van der Waals surface area contributed by atoms with Gasteiger partial charge in [-0.3, -0.25) is 9.59 Å². The van der Waals surface area contributed by atoms with Crippen molar-refractivity contribution in [2.24, 2.45) is 0 Å². The molecule has 8 nitrogen and oxygen atoms in total. The fourth-order valence-electron chi connectivity index (χ4n) is 2.17. The lowest BCUT2D eigenvalue weighted by Crippen LogP contribution is -2.35. The number of aliphatic carboxylic acids is 1. The number of ether oxygens (including phenoxy) is 2. The Kier molecular flexibility index (Phi) is 6.25. The number of amides is 3. The first kappa shape index (κ1) is 19.3. The fourth-order valence-corrected chi connectivity index (χ4v) is 2.60. The Labute approximate surface area is 157 Å². The number of terminal acetylenes is 1. The van der Waals surface area contributed by atoms with Crippen LogP contribution in [0.2, 0.25) is 0 Å². The molecule has 3 amide bonds. The molecule has 1 heterocycles. The van der Waals surface area contributed by atoms with Crippen LogP contribution in [0.4, 0.5) is 4.79 Å². The lowest BCUT2D eigenvalue weighted by molar-refractivity contribution is -0.140. The minimum Gasteiger partial charge on any atom is -0.490 e. The number of hydrogen-bond donors (Lipinski definition) is 2. The number of carboxylic acid groups (broad SMARTS) is 1. The summed E-state index contributed by atoms with van der Waals surface area (Å²) in [5.41, 5.74) is 0.485. The molecule has 26 heavy (non-hydrogen) atoms. The highest BCUT2D eigenvalue weighted by Gasteiger charge is 2.35. The number of carbonyl (C=O) groups excluding carboxylic acids is 2. The van der Waals surface area contributed by atoms with E-state index in [0.717, 1.165) is 0 Å². The van der Waals surface area contributed by atoms with E-state index >= 15 is 0 Å². The average molecular weight is 423 g/mol. The Morgan fingerprint density at radius 2 is 2.08 bits per heavy atom. The quantitative estimate of drug-likeness (QED) is 0.394. The van der Waals surface area contributed by atoms with Crippen molar-refractivity contribution in [2.45, 2.75) is 6.92 Å². The molecule has 0 aromatic heterocycles. The van der Waals surface area contributed by atoms with E-state index in [1.165, 1.54) is 6.08 Å². The SMILES string of the molecule is C#CCOc1cc(Br)c(/C=C2/NC(=O)N(CC(=O)O)C2=O)cc1OCC. The number of urea groups is 1. The second kappa shape index (κ2) is 8.40. The van der Waals surface area contributed by atoms with Crippen molar-refractivity contribution in [2.75, 3.05) is 19.8 Å². The Bertz CT molecular complexity index is 827. The van der Waals surface area contributed by atoms with Gasteiger partial charge in [0.25, 0.3) is 5.91 Å². The number of hydrogen-bond acceptors (Lipinski definition) is 5. The third-order valence-corrected chi connectivity index (χ3v) is 3.92. The number of nitrogens with one attached hydrogen (secondary N) is 1. The second-order valence-electron chi connectivity index (χ2n) is 5.02. The molecule has 0 spiro atoms. The van der Waals surface area contributed by atoms with Crippen LogP contribution in [0.1, 0.15) is 12.5 Å². The van der Waals surface area contributed by atoms with Gasteiger partial charge in [-0.1, -0.05) is 21.9 Å². The van der Waals surface area contributed by atoms with Crippen molar-refractivity contribution < 1.29 is 29.0 Å². The van der Waals surface area contributed by atoms with E-state index in [4.69, 9.17) is 21.0 Å². The molecule has 0 aliphatic carbocycles. The Balaban J connectivity index is 2.36. The van der Waals surface area contributed by atoms with Crippen molar-refractivity contribution in [1.29, 1.82) is 0 Å². The number of halogens is 1. The smallest absolute Gasteiger partial charge is 0.329 e. The zero-order chi connectivity index (χ0) is 19.3. The third-order valence-electron chi connectivity index (χ3n) is 3.23. The molecule has 1 aromatic carbocycles. The predicted octanol–water partition coefficient (Wildman–Crippen LogP) is 1.84. The third kappa shape index (κ3) is 4.34. The van der Waals surface area contributed by atoms with E-state index in [1.54, 1.807) is 19.1 Å². The van der Waals surface area contributed by atoms with Crippen LogP contribution in [0.25, 0.3) is 6.08 Å². The van der Waals surface area contributed by atoms with Gasteiger partial charge in [-0.25, -0.2) is 9.69 Å². The largest absolute Gasteiger partial charge is 0.490 e. The van der Waals surface area contributed by atoms with Gasteiger partial charge >= 0.3 is 12.0 Å². The van der Waals surface area contributed by atoms with E-state index < -0.39 is 24.5 Å². The lowest BCUT2D eigenvalue weighted by atomic mass is 10.1. The van der Waals surface area contributed by atoms with E-state index in [0.29, 0.717) is 33.0 Å². The highest BCUT2D eigenvalue weighted by atomic mass is 79.9. The van der Waals surface area contributed by atoms with Crippen molar-refractivity contribution in [3.8, 4) is 23.8 Å². The molecule has 9 heteroatoms. The average Bonchev–Trinajstić information content (AvgIpc) is 2.83.